The highest BCUT2D eigenvalue weighted by Crippen LogP contribution is 2.39. The summed E-state index contributed by atoms with van der Waals surface area (Å²) in [6.07, 6.45) is 1.74. The zero-order chi connectivity index (χ0) is 26.0. The largest absolute Gasteiger partial charge is 0.508 e. The van der Waals surface area contributed by atoms with Crippen LogP contribution in [0.15, 0.2) is 76.5 Å². The number of phenols is 1. The first kappa shape index (κ1) is 25.7. The van der Waals surface area contributed by atoms with Crippen LogP contribution in [0.3, 0.4) is 0 Å². The molecule has 1 heterocycles. The number of nitrogens with zero attached hydrogens (tertiary/aromatic N) is 3. The van der Waals surface area contributed by atoms with Gasteiger partial charge in [0.1, 0.15) is 11.5 Å². The number of aromatic hydroxyl groups is 1. The minimum Gasteiger partial charge on any atom is -0.508 e. The highest BCUT2D eigenvalue weighted by Gasteiger charge is 2.15. The molecule has 1 amide bonds. The predicted molar refractivity (Wildman–Crippen MR) is 138 cm³/mol. The summed E-state index contributed by atoms with van der Waals surface area (Å²) in [6.45, 7) is 2.18. The molecule has 0 saturated carbocycles. The Morgan fingerprint density at radius 2 is 1.86 bits per heavy atom. The van der Waals surface area contributed by atoms with E-state index in [1.54, 1.807) is 36.4 Å². The van der Waals surface area contributed by atoms with E-state index in [0.29, 0.717) is 34.3 Å². The van der Waals surface area contributed by atoms with Crippen LogP contribution in [0.2, 0.25) is 0 Å². The second-order valence-electron chi connectivity index (χ2n) is 7.87. The van der Waals surface area contributed by atoms with Crippen LogP contribution in [-0.2, 0) is 9.53 Å². The van der Waals surface area contributed by atoms with Crippen LogP contribution >= 0.6 is 11.8 Å². The summed E-state index contributed by atoms with van der Waals surface area (Å²) in [5.41, 5.74) is 1.62. The summed E-state index contributed by atoms with van der Waals surface area (Å²) in [6, 6.07) is 18.7. The minimum absolute atomic E-state index is 0.0157. The van der Waals surface area contributed by atoms with E-state index in [9.17, 15) is 14.7 Å². The predicted octanol–water partition coefficient (Wildman–Crippen LogP) is 4.70. The number of benzene rings is 3. The van der Waals surface area contributed by atoms with Crippen molar-refractivity contribution in [1.29, 1.82) is 0 Å². The number of phenolic OH excluding ortho intramolecular Hbond substituents is 1. The van der Waals surface area contributed by atoms with Gasteiger partial charge in [0, 0.05) is 27.0 Å². The molecule has 0 saturated heterocycles. The number of ether oxygens (including phenoxy) is 2. The van der Waals surface area contributed by atoms with Crippen molar-refractivity contribution in [3.05, 3.63) is 72.3 Å². The minimum atomic E-state index is -0.440. The van der Waals surface area contributed by atoms with Crippen LogP contribution in [0.1, 0.15) is 30.1 Å². The number of H-pyrrole nitrogens is 1. The lowest BCUT2D eigenvalue weighted by atomic mass is 10.2. The van der Waals surface area contributed by atoms with Gasteiger partial charge in [0.25, 0.3) is 5.91 Å². The van der Waals surface area contributed by atoms with E-state index in [-0.39, 0.29) is 18.3 Å². The molecule has 0 spiro atoms. The first-order chi connectivity index (χ1) is 18.0. The Labute approximate surface area is 217 Å². The zero-order valence-electron chi connectivity index (χ0n) is 20.0. The number of anilines is 1. The Hall–Kier alpha value is -4.38. The number of esters is 1. The van der Waals surface area contributed by atoms with E-state index in [0.717, 1.165) is 23.3 Å². The van der Waals surface area contributed by atoms with E-state index in [2.05, 4.69) is 25.9 Å². The number of aromatic amines is 1. The summed E-state index contributed by atoms with van der Waals surface area (Å²) in [5, 5.41) is 26.9. The molecule has 0 aliphatic heterocycles. The van der Waals surface area contributed by atoms with E-state index in [1.165, 1.54) is 17.8 Å². The van der Waals surface area contributed by atoms with Crippen molar-refractivity contribution in [3.63, 3.8) is 0 Å². The van der Waals surface area contributed by atoms with Gasteiger partial charge in [0.15, 0.2) is 12.4 Å². The average Bonchev–Trinajstić information content (AvgIpc) is 3.45. The van der Waals surface area contributed by atoms with Crippen LogP contribution in [0.4, 0.5) is 5.69 Å². The fourth-order valence-corrected chi connectivity index (χ4v) is 4.27. The van der Waals surface area contributed by atoms with Gasteiger partial charge >= 0.3 is 5.97 Å². The van der Waals surface area contributed by atoms with Gasteiger partial charge in [-0.05, 0) is 65.4 Å². The Morgan fingerprint density at radius 1 is 1.05 bits per heavy atom. The second-order valence-corrected chi connectivity index (χ2v) is 8.95. The number of carbonyl (C=O) groups is 2. The molecule has 4 aromatic rings. The molecule has 1 aromatic heterocycles. The summed E-state index contributed by atoms with van der Waals surface area (Å²) in [5.74, 6) is 0.165. The maximum atomic E-state index is 13.0. The normalized spacial score (nSPS) is 10.6. The molecule has 37 heavy (non-hydrogen) atoms. The SMILES string of the molecule is CCCCOC(=O)COc1ccc(C(=O)Nc2cc(O)ccc2Sc2ccccc2-c2nnn[nH]2)cc1. The Kier molecular flexibility index (Phi) is 8.71. The van der Waals surface area contributed by atoms with Crippen LogP contribution in [0, 0.1) is 0 Å². The van der Waals surface area contributed by atoms with Crippen LogP contribution in [0.5, 0.6) is 11.5 Å². The Morgan fingerprint density at radius 3 is 2.62 bits per heavy atom. The molecule has 190 valence electrons. The van der Waals surface area contributed by atoms with Crippen LogP contribution < -0.4 is 10.1 Å². The number of carbonyl (C=O) groups excluding carboxylic acids is 2. The van der Waals surface area contributed by atoms with Crippen LogP contribution in [-0.4, -0.2) is 50.8 Å². The summed E-state index contributed by atoms with van der Waals surface area (Å²) in [7, 11) is 0. The fraction of sp³-hybridized carbons (Fsp3) is 0.192. The summed E-state index contributed by atoms with van der Waals surface area (Å²) in [4.78, 5) is 26.2. The molecular weight excluding hydrogens is 494 g/mol. The number of hydrogen-bond acceptors (Lipinski definition) is 9. The molecule has 4 rings (SSSR count). The maximum absolute atomic E-state index is 13.0. The van der Waals surface area contributed by atoms with Gasteiger partial charge in [0.2, 0.25) is 0 Å². The molecule has 11 heteroatoms. The fourth-order valence-electron chi connectivity index (χ4n) is 3.26. The second kappa shape index (κ2) is 12.5. The number of aromatic nitrogens is 4. The summed E-state index contributed by atoms with van der Waals surface area (Å²) >= 11 is 1.40. The van der Waals surface area contributed by atoms with Gasteiger partial charge in [0.05, 0.1) is 12.3 Å². The van der Waals surface area contributed by atoms with Crippen molar-refractivity contribution >= 4 is 29.3 Å². The first-order valence-electron chi connectivity index (χ1n) is 11.6. The van der Waals surface area contributed by atoms with Gasteiger partial charge in [-0.25, -0.2) is 9.89 Å². The van der Waals surface area contributed by atoms with Crippen molar-refractivity contribution in [1.82, 2.24) is 20.6 Å². The van der Waals surface area contributed by atoms with Crippen molar-refractivity contribution in [2.75, 3.05) is 18.5 Å². The molecule has 0 radical (unpaired) electrons. The third kappa shape index (κ3) is 7.07. The maximum Gasteiger partial charge on any atom is 0.344 e. The first-order valence-corrected chi connectivity index (χ1v) is 12.4. The number of hydrogen-bond donors (Lipinski definition) is 3. The number of unbranched alkanes of at least 4 members (excludes halogenated alkanes) is 1. The molecule has 0 atom stereocenters. The van der Waals surface area contributed by atoms with E-state index >= 15 is 0 Å². The zero-order valence-corrected chi connectivity index (χ0v) is 20.8. The third-order valence-electron chi connectivity index (χ3n) is 5.15. The van der Waals surface area contributed by atoms with E-state index < -0.39 is 5.97 Å². The highest BCUT2D eigenvalue weighted by atomic mass is 32.2. The van der Waals surface area contributed by atoms with Crippen molar-refractivity contribution in [3.8, 4) is 22.9 Å². The lowest BCUT2D eigenvalue weighted by molar-refractivity contribution is -0.146. The topological polar surface area (TPSA) is 139 Å². The van der Waals surface area contributed by atoms with Gasteiger partial charge in [-0.15, -0.1) is 5.10 Å². The van der Waals surface area contributed by atoms with Crippen molar-refractivity contribution < 1.29 is 24.2 Å². The van der Waals surface area contributed by atoms with Gasteiger partial charge in [-0.1, -0.05) is 37.2 Å². The molecule has 3 aromatic carbocycles. The highest BCUT2D eigenvalue weighted by molar-refractivity contribution is 7.99. The van der Waals surface area contributed by atoms with Crippen LogP contribution in [0.25, 0.3) is 11.4 Å². The van der Waals surface area contributed by atoms with Gasteiger partial charge < -0.3 is 19.9 Å². The molecule has 0 unspecified atom stereocenters. The smallest absolute Gasteiger partial charge is 0.344 e. The van der Waals surface area contributed by atoms with E-state index in [4.69, 9.17) is 9.47 Å². The molecule has 0 aliphatic rings. The van der Waals surface area contributed by atoms with Gasteiger partial charge in [-0.3, -0.25) is 4.79 Å². The molecule has 10 nitrogen and oxygen atoms in total. The Bertz CT molecular complexity index is 1350. The number of tetrazole rings is 1. The number of rotatable bonds is 11. The van der Waals surface area contributed by atoms with Crippen molar-refractivity contribution in [2.45, 2.75) is 29.6 Å². The molecule has 0 aliphatic carbocycles. The Balaban J connectivity index is 1.43. The molecular formula is C26H25N5O5S. The standard InChI is InChI=1S/C26H25N5O5S/c1-2-3-14-35-24(33)16-36-19-11-8-17(9-12-19)26(34)27-21-15-18(32)10-13-23(21)37-22-7-5-4-6-20(22)25-28-30-31-29-25/h4-13,15,32H,2-3,14,16H2,1H3,(H,27,34)(H,28,29,30,31). The van der Waals surface area contributed by atoms with E-state index in [1.807, 2.05) is 31.2 Å². The lowest BCUT2D eigenvalue weighted by Crippen LogP contribution is -2.15. The molecule has 3 N–H and O–H groups in total. The molecule has 0 fully saturated rings. The monoisotopic (exact) mass is 519 g/mol. The van der Waals surface area contributed by atoms with Gasteiger partial charge in [-0.2, -0.15) is 0 Å². The third-order valence-corrected chi connectivity index (χ3v) is 6.30. The molecule has 0 bridgehead atoms. The summed E-state index contributed by atoms with van der Waals surface area (Å²) < 4.78 is 10.5. The number of nitrogens with one attached hydrogen (secondary N) is 2. The van der Waals surface area contributed by atoms with Crippen molar-refractivity contribution in [2.24, 2.45) is 0 Å². The quantitative estimate of drug-likeness (QED) is 0.190. The lowest BCUT2D eigenvalue weighted by Gasteiger charge is -2.13. The average molecular weight is 520 g/mol. The number of amides is 1.